The summed E-state index contributed by atoms with van der Waals surface area (Å²) in [5, 5.41) is 3.13. The standard InChI is InChI=1S/C18H16N4O2/c19-18(23)17(13-4-2-1-3-5-13)22-14-6-8-15(9-7-14)24-16-10-11-20-12-21-16/h1-12,17,22H,(H2,19,23). The number of primary amides is 1. The number of rotatable bonds is 6. The van der Waals surface area contributed by atoms with E-state index in [0.29, 0.717) is 11.6 Å². The van der Waals surface area contributed by atoms with Crippen molar-refractivity contribution in [2.75, 3.05) is 5.32 Å². The smallest absolute Gasteiger partial charge is 0.244 e. The number of amides is 1. The SMILES string of the molecule is NC(=O)C(Nc1ccc(Oc2ccncn2)cc1)c1ccccc1. The second-order valence-corrected chi connectivity index (χ2v) is 5.06. The third kappa shape index (κ3) is 3.86. The van der Waals surface area contributed by atoms with Crippen molar-refractivity contribution in [3.8, 4) is 11.6 Å². The van der Waals surface area contributed by atoms with Crippen molar-refractivity contribution >= 4 is 11.6 Å². The number of nitrogens with two attached hydrogens (primary N) is 1. The van der Waals surface area contributed by atoms with Crippen molar-refractivity contribution in [3.63, 3.8) is 0 Å². The molecule has 0 radical (unpaired) electrons. The molecule has 120 valence electrons. The Hall–Kier alpha value is -3.41. The minimum atomic E-state index is -0.597. The normalized spacial score (nSPS) is 11.5. The number of carbonyl (C=O) groups is 1. The number of hydrogen-bond donors (Lipinski definition) is 2. The topological polar surface area (TPSA) is 90.1 Å². The third-order valence-corrected chi connectivity index (χ3v) is 3.36. The van der Waals surface area contributed by atoms with E-state index in [2.05, 4.69) is 15.3 Å². The molecule has 1 aromatic heterocycles. The lowest BCUT2D eigenvalue weighted by atomic mass is 10.1. The van der Waals surface area contributed by atoms with Gasteiger partial charge in [-0.2, -0.15) is 0 Å². The molecule has 6 nitrogen and oxygen atoms in total. The number of nitrogens with zero attached hydrogens (tertiary/aromatic N) is 2. The molecule has 1 heterocycles. The summed E-state index contributed by atoms with van der Waals surface area (Å²) in [7, 11) is 0. The van der Waals surface area contributed by atoms with E-state index in [0.717, 1.165) is 11.3 Å². The highest BCUT2D eigenvalue weighted by atomic mass is 16.5. The van der Waals surface area contributed by atoms with Gasteiger partial charge in [-0.1, -0.05) is 30.3 Å². The second-order valence-electron chi connectivity index (χ2n) is 5.06. The van der Waals surface area contributed by atoms with Gasteiger partial charge < -0.3 is 15.8 Å². The highest BCUT2D eigenvalue weighted by Crippen LogP contribution is 2.24. The second kappa shape index (κ2) is 7.23. The van der Waals surface area contributed by atoms with Gasteiger partial charge in [-0.15, -0.1) is 0 Å². The number of ether oxygens (including phenoxy) is 1. The fourth-order valence-corrected chi connectivity index (χ4v) is 2.21. The van der Waals surface area contributed by atoms with Gasteiger partial charge in [0.1, 0.15) is 18.1 Å². The van der Waals surface area contributed by atoms with Crippen LogP contribution in [0.15, 0.2) is 73.2 Å². The van der Waals surface area contributed by atoms with Crippen LogP contribution in [0.1, 0.15) is 11.6 Å². The monoisotopic (exact) mass is 320 g/mol. The van der Waals surface area contributed by atoms with Gasteiger partial charge in [0, 0.05) is 18.0 Å². The zero-order valence-corrected chi connectivity index (χ0v) is 12.8. The van der Waals surface area contributed by atoms with Crippen LogP contribution in [-0.2, 0) is 4.79 Å². The molecule has 1 amide bonds. The molecule has 1 atom stereocenters. The predicted molar refractivity (Wildman–Crippen MR) is 90.5 cm³/mol. The Balaban J connectivity index is 1.72. The van der Waals surface area contributed by atoms with Crippen LogP contribution in [0, 0.1) is 0 Å². The fourth-order valence-electron chi connectivity index (χ4n) is 2.21. The molecule has 6 heteroatoms. The predicted octanol–water partition coefficient (Wildman–Crippen LogP) is 2.91. The van der Waals surface area contributed by atoms with E-state index in [1.165, 1.54) is 6.33 Å². The Morgan fingerprint density at radius 3 is 2.42 bits per heavy atom. The van der Waals surface area contributed by atoms with Crippen LogP contribution in [-0.4, -0.2) is 15.9 Å². The summed E-state index contributed by atoms with van der Waals surface area (Å²) in [6, 6.07) is 17.6. The lowest BCUT2D eigenvalue weighted by Crippen LogP contribution is -2.27. The molecule has 0 fully saturated rings. The summed E-state index contributed by atoms with van der Waals surface area (Å²) in [5.74, 6) is 0.655. The first-order valence-corrected chi connectivity index (χ1v) is 7.37. The van der Waals surface area contributed by atoms with E-state index >= 15 is 0 Å². The van der Waals surface area contributed by atoms with Gasteiger partial charge in [-0.25, -0.2) is 9.97 Å². The highest BCUT2D eigenvalue weighted by molar-refractivity contribution is 5.84. The first-order valence-electron chi connectivity index (χ1n) is 7.37. The van der Waals surface area contributed by atoms with Gasteiger partial charge in [0.15, 0.2) is 0 Å². The quantitative estimate of drug-likeness (QED) is 0.729. The average molecular weight is 320 g/mol. The van der Waals surface area contributed by atoms with Crippen molar-refractivity contribution in [1.82, 2.24) is 9.97 Å². The average Bonchev–Trinajstić information content (AvgIpc) is 2.62. The largest absolute Gasteiger partial charge is 0.439 e. The van der Waals surface area contributed by atoms with Gasteiger partial charge in [-0.05, 0) is 29.8 Å². The molecule has 3 N–H and O–H groups in total. The van der Waals surface area contributed by atoms with E-state index in [1.807, 2.05) is 42.5 Å². The Morgan fingerprint density at radius 2 is 1.79 bits per heavy atom. The summed E-state index contributed by atoms with van der Waals surface area (Å²) in [6.07, 6.45) is 3.03. The molecule has 1 unspecified atom stereocenters. The lowest BCUT2D eigenvalue weighted by Gasteiger charge is -2.17. The lowest BCUT2D eigenvalue weighted by molar-refractivity contribution is -0.118. The Labute approximate surface area is 139 Å². The molecule has 0 spiro atoms. The van der Waals surface area contributed by atoms with Crippen LogP contribution < -0.4 is 15.8 Å². The summed E-state index contributed by atoms with van der Waals surface area (Å²) in [6.45, 7) is 0. The molecule has 0 saturated heterocycles. The molecule has 0 bridgehead atoms. The van der Waals surface area contributed by atoms with E-state index < -0.39 is 11.9 Å². The molecule has 3 aromatic rings. The van der Waals surface area contributed by atoms with E-state index in [4.69, 9.17) is 10.5 Å². The van der Waals surface area contributed by atoms with Crippen molar-refractivity contribution in [3.05, 3.63) is 78.8 Å². The first-order chi connectivity index (χ1) is 11.7. The van der Waals surface area contributed by atoms with Crippen LogP contribution in [0.5, 0.6) is 11.6 Å². The van der Waals surface area contributed by atoms with Crippen LogP contribution in [0.25, 0.3) is 0 Å². The maximum Gasteiger partial charge on any atom is 0.244 e. The third-order valence-electron chi connectivity index (χ3n) is 3.36. The summed E-state index contributed by atoms with van der Waals surface area (Å²) in [4.78, 5) is 19.6. The highest BCUT2D eigenvalue weighted by Gasteiger charge is 2.17. The minimum absolute atomic E-state index is 0.442. The molecule has 0 aliphatic rings. The van der Waals surface area contributed by atoms with Gasteiger partial charge >= 0.3 is 0 Å². The van der Waals surface area contributed by atoms with Crippen molar-refractivity contribution in [2.45, 2.75) is 6.04 Å². The fraction of sp³-hybridized carbons (Fsp3) is 0.0556. The van der Waals surface area contributed by atoms with Crippen molar-refractivity contribution in [2.24, 2.45) is 5.73 Å². The molecule has 2 aromatic carbocycles. The van der Waals surface area contributed by atoms with Gasteiger partial charge in [0.25, 0.3) is 0 Å². The number of benzene rings is 2. The molecule has 3 rings (SSSR count). The molecular formula is C18H16N4O2. The summed E-state index contributed by atoms with van der Waals surface area (Å²) in [5.41, 5.74) is 7.08. The molecule has 24 heavy (non-hydrogen) atoms. The maximum atomic E-state index is 11.7. The summed E-state index contributed by atoms with van der Waals surface area (Å²) >= 11 is 0. The number of carbonyl (C=O) groups excluding carboxylic acids is 1. The van der Waals surface area contributed by atoms with E-state index in [9.17, 15) is 4.79 Å². The van der Waals surface area contributed by atoms with E-state index in [-0.39, 0.29) is 0 Å². The molecular weight excluding hydrogens is 304 g/mol. The Morgan fingerprint density at radius 1 is 1.04 bits per heavy atom. The van der Waals surface area contributed by atoms with Crippen LogP contribution >= 0.6 is 0 Å². The van der Waals surface area contributed by atoms with Crippen LogP contribution in [0.3, 0.4) is 0 Å². The van der Waals surface area contributed by atoms with Crippen LogP contribution in [0.4, 0.5) is 5.69 Å². The Bertz CT molecular complexity index is 792. The van der Waals surface area contributed by atoms with Crippen molar-refractivity contribution < 1.29 is 9.53 Å². The number of anilines is 1. The van der Waals surface area contributed by atoms with Gasteiger partial charge in [-0.3, -0.25) is 4.79 Å². The maximum absolute atomic E-state index is 11.7. The zero-order chi connectivity index (χ0) is 16.8. The number of nitrogens with one attached hydrogen (secondary N) is 1. The Kier molecular flexibility index (Phi) is 4.67. The first kappa shape index (κ1) is 15.5. The molecule has 0 aliphatic heterocycles. The molecule has 0 saturated carbocycles. The summed E-state index contributed by atoms with van der Waals surface area (Å²) < 4.78 is 5.60. The van der Waals surface area contributed by atoms with E-state index in [1.54, 1.807) is 24.4 Å². The van der Waals surface area contributed by atoms with Gasteiger partial charge in [0.2, 0.25) is 11.8 Å². The van der Waals surface area contributed by atoms with Crippen LogP contribution in [0.2, 0.25) is 0 Å². The number of aromatic nitrogens is 2. The zero-order valence-electron chi connectivity index (χ0n) is 12.8. The minimum Gasteiger partial charge on any atom is -0.439 e. The van der Waals surface area contributed by atoms with Gasteiger partial charge in [0.05, 0.1) is 0 Å². The number of hydrogen-bond acceptors (Lipinski definition) is 5. The molecule has 0 aliphatic carbocycles. The van der Waals surface area contributed by atoms with Crippen molar-refractivity contribution in [1.29, 1.82) is 0 Å².